The predicted octanol–water partition coefficient (Wildman–Crippen LogP) is 3.50. The zero-order valence-electron chi connectivity index (χ0n) is 10.1. The summed E-state index contributed by atoms with van der Waals surface area (Å²) in [4.78, 5) is 4.31. The largest absolute Gasteiger partial charge is 0.453 e. The van der Waals surface area contributed by atoms with E-state index in [1.165, 1.54) is 0 Å². The summed E-state index contributed by atoms with van der Waals surface area (Å²) in [5.41, 5.74) is 0.940. The molecule has 0 aliphatic heterocycles. The van der Waals surface area contributed by atoms with Crippen molar-refractivity contribution in [1.82, 2.24) is 10.3 Å². The van der Waals surface area contributed by atoms with Crippen LogP contribution in [0.2, 0.25) is 0 Å². The van der Waals surface area contributed by atoms with Crippen molar-refractivity contribution < 1.29 is 8.83 Å². The van der Waals surface area contributed by atoms with Crippen molar-refractivity contribution in [2.45, 2.75) is 33.4 Å². The van der Waals surface area contributed by atoms with Gasteiger partial charge in [0.2, 0.25) is 5.89 Å². The number of hydrogen-bond acceptors (Lipinski definition) is 4. The molecule has 1 N–H and O–H groups in total. The molecule has 0 aromatic carbocycles. The molecule has 17 heavy (non-hydrogen) atoms. The maximum absolute atomic E-state index is 5.49. The quantitative estimate of drug-likeness (QED) is 0.938. The van der Waals surface area contributed by atoms with Crippen LogP contribution in [0.1, 0.15) is 36.1 Å². The first-order valence-corrected chi connectivity index (χ1v) is 6.27. The third-order valence-electron chi connectivity index (χ3n) is 2.65. The van der Waals surface area contributed by atoms with Gasteiger partial charge in [-0.25, -0.2) is 4.98 Å². The maximum Gasteiger partial charge on any atom is 0.208 e. The maximum atomic E-state index is 5.49. The first-order chi connectivity index (χ1) is 8.06. The Morgan fingerprint density at radius 1 is 1.35 bits per heavy atom. The highest BCUT2D eigenvalue weighted by Gasteiger charge is 2.11. The van der Waals surface area contributed by atoms with E-state index in [1.54, 1.807) is 0 Å². The molecule has 0 aliphatic carbocycles. The summed E-state index contributed by atoms with van der Waals surface area (Å²) in [7, 11) is 0. The highest BCUT2D eigenvalue weighted by atomic mass is 79.9. The monoisotopic (exact) mass is 298 g/mol. The molecule has 2 aromatic heterocycles. The van der Waals surface area contributed by atoms with Crippen LogP contribution in [0.5, 0.6) is 0 Å². The van der Waals surface area contributed by atoms with Crippen LogP contribution in [0.3, 0.4) is 0 Å². The average Bonchev–Trinajstić information content (AvgIpc) is 2.83. The Hall–Kier alpha value is -1.07. The van der Waals surface area contributed by atoms with Crippen LogP contribution in [0, 0.1) is 13.8 Å². The summed E-state index contributed by atoms with van der Waals surface area (Å²) in [6.07, 6.45) is 0. The summed E-state index contributed by atoms with van der Waals surface area (Å²) in [5, 5.41) is 3.30. The van der Waals surface area contributed by atoms with Gasteiger partial charge in [0, 0.05) is 0 Å². The molecule has 0 radical (unpaired) electrons. The fraction of sp³-hybridized carbons (Fsp3) is 0.417. The van der Waals surface area contributed by atoms with Crippen molar-refractivity contribution in [2.24, 2.45) is 0 Å². The van der Waals surface area contributed by atoms with E-state index in [1.807, 2.05) is 32.9 Å². The zero-order valence-corrected chi connectivity index (χ0v) is 11.7. The van der Waals surface area contributed by atoms with Gasteiger partial charge in [-0.2, -0.15) is 0 Å². The molecule has 4 nitrogen and oxygen atoms in total. The Morgan fingerprint density at radius 3 is 2.65 bits per heavy atom. The second kappa shape index (κ2) is 5.06. The molecule has 0 spiro atoms. The molecule has 0 saturated heterocycles. The van der Waals surface area contributed by atoms with E-state index >= 15 is 0 Å². The highest BCUT2D eigenvalue weighted by Crippen LogP contribution is 2.20. The fourth-order valence-electron chi connectivity index (χ4n) is 1.52. The van der Waals surface area contributed by atoms with E-state index in [-0.39, 0.29) is 6.04 Å². The Balaban J connectivity index is 1.94. The summed E-state index contributed by atoms with van der Waals surface area (Å²) in [6.45, 7) is 6.48. The number of nitrogens with one attached hydrogen (secondary N) is 1. The number of nitrogens with zero attached hydrogens (tertiary/aromatic N) is 1. The van der Waals surface area contributed by atoms with E-state index < -0.39 is 0 Å². The first kappa shape index (κ1) is 12.4. The standard InChI is InChI=1S/C12H15BrN2O2/c1-7-9(3)16-12(15-7)6-14-8(2)10-4-5-11(13)17-10/h4-5,8,14H,6H2,1-3H3. The topological polar surface area (TPSA) is 51.2 Å². The first-order valence-electron chi connectivity index (χ1n) is 5.48. The molecule has 2 rings (SSSR count). The number of rotatable bonds is 4. The third-order valence-corrected chi connectivity index (χ3v) is 3.08. The Bertz CT molecular complexity index is 485. The number of furan rings is 1. The molecular formula is C12H15BrN2O2. The molecule has 0 amide bonds. The molecule has 1 unspecified atom stereocenters. The minimum absolute atomic E-state index is 0.119. The molecule has 1 atom stereocenters. The lowest BCUT2D eigenvalue weighted by Gasteiger charge is -2.08. The Labute approximate surface area is 109 Å². The van der Waals surface area contributed by atoms with Gasteiger partial charge in [-0.05, 0) is 48.8 Å². The van der Waals surface area contributed by atoms with E-state index in [2.05, 4.69) is 26.2 Å². The molecule has 5 heteroatoms. The van der Waals surface area contributed by atoms with Crippen molar-refractivity contribution in [3.05, 3.63) is 39.9 Å². The van der Waals surface area contributed by atoms with Crippen molar-refractivity contribution >= 4 is 15.9 Å². The van der Waals surface area contributed by atoms with Gasteiger partial charge in [-0.3, -0.25) is 5.32 Å². The zero-order chi connectivity index (χ0) is 12.4. The minimum Gasteiger partial charge on any atom is -0.453 e. The number of aryl methyl sites for hydroxylation is 2. The summed E-state index contributed by atoms with van der Waals surface area (Å²) >= 11 is 3.28. The van der Waals surface area contributed by atoms with E-state index in [4.69, 9.17) is 8.83 Å². The van der Waals surface area contributed by atoms with Gasteiger partial charge < -0.3 is 8.83 Å². The van der Waals surface area contributed by atoms with Crippen molar-refractivity contribution in [1.29, 1.82) is 0 Å². The SMILES string of the molecule is Cc1nc(CNC(C)c2ccc(Br)o2)oc1C. The molecule has 2 heterocycles. The third kappa shape index (κ3) is 2.98. The highest BCUT2D eigenvalue weighted by molar-refractivity contribution is 9.10. The van der Waals surface area contributed by atoms with Gasteiger partial charge in [0.15, 0.2) is 4.67 Å². The Morgan fingerprint density at radius 2 is 2.12 bits per heavy atom. The molecule has 92 valence electrons. The lowest BCUT2D eigenvalue weighted by atomic mass is 10.2. The molecule has 0 bridgehead atoms. The average molecular weight is 299 g/mol. The lowest BCUT2D eigenvalue weighted by molar-refractivity contribution is 0.389. The van der Waals surface area contributed by atoms with Crippen molar-refractivity contribution in [3.63, 3.8) is 0 Å². The number of aromatic nitrogens is 1. The van der Waals surface area contributed by atoms with Crippen LogP contribution in [-0.2, 0) is 6.54 Å². The Kier molecular flexibility index (Phi) is 3.69. The normalized spacial score (nSPS) is 12.9. The van der Waals surface area contributed by atoms with Crippen LogP contribution < -0.4 is 5.32 Å². The van der Waals surface area contributed by atoms with Crippen molar-refractivity contribution in [3.8, 4) is 0 Å². The second-order valence-corrected chi connectivity index (χ2v) is 4.78. The number of halogens is 1. The number of hydrogen-bond donors (Lipinski definition) is 1. The van der Waals surface area contributed by atoms with Crippen LogP contribution in [0.25, 0.3) is 0 Å². The smallest absolute Gasteiger partial charge is 0.208 e. The van der Waals surface area contributed by atoms with E-state index in [0.717, 1.165) is 21.9 Å². The van der Waals surface area contributed by atoms with Crippen LogP contribution >= 0.6 is 15.9 Å². The van der Waals surface area contributed by atoms with Crippen LogP contribution in [0.4, 0.5) is 0 Å². The predicted molar refractivity (Wildman–Crippen MR) is 67.6 cm³/mol. The molecular weight excluding hydrogens is 284 g/mol. The van der Waals surface area contributed by atoms with Gasteiger partial charge in [0.05, 0.1) is 18.3 Å². The van der Waals surface area contributed by atoms with Gasteiger partial charge >= 0.3 is 0 Å². The van der Waals surface area contributed by atoms with Gasteiger partial charge in [-0.15, -0.1) is 0 Å². The fourth-order valence-corrected chi connectivity index (χ4v) is 1.84. The summed E-state index contributed by atoms with van der Waals surface area (Å²) in [5.74, 6) is 2.46. The van der Waals surface area contributed by atoms with E-state index in [9.17, 15) is 0 Å². The van der Waals surface area contributed by atoms with Crippen LogP contribution in [0.15, 0.2) is 25.6 Å². The number of oxazole rings is 1. The summed E-state index contributed by atoms with van der Waals surface area (Å²) < 4.78 is 11.7. The van der Waals surface area contributed by atoms with Gasteiger partial charge in [-0.1, -0.05) is 0 Å². The van der Waals surface area contributed by atoms with Crippen molar-refractivity contribution in [2.75, 3.05) is 0 Å². The molecule has 0 fully saturated rings. The van der Waals surface area contributed by atoms with Gasteiger partial charge in [0.1, 0.15) is 11.5 Å². The molecule has 2 aromatic rings. The van der Waals surface area contributed by atoms with Gasteiger partial charge in [0.25, 0.3) is 0 Å². The van der Waals surface area contributed by atoms with Crippen LogP contribution in [-0.4, -0.2) is 4.98 Å². The molecule has 0 aliphatic rings. The lowest BCUT2D eigenvalue weighted by Crippen LogP contribution is -2.17. The van der Waals surface area contributed by atoms with E-state index in [0.29, 0.717) is 12.4 Å². The minimum atomic E-state index is 0.119. The molecule has 0 saturated carbocycles. The second-order valence-electron chi connectivity index (χ2n) is 3.99. The summed E-state index contributed by atoms with van der Waals surface area (Å²) in [6, 6.07) is 3.94.